The Bertz CT molecular complexity index is 590. The normalized spacial score (nSPS) is 13.1. The minimum absolute atomic E-state index is 0.120. The predicted molar refractivity (Wildman–Crippen MR) is 80.3 cm³/mol. The molecular formula is C9H9Cl3N2O2S2. The van der Waals surface area contributed by atoms with Gasteiger partial charge in [0.25, 0.3) is 0 Å². The molecule has 0 aliphatic rings. The van der Waals surface area contributed by atoms with Crippen molar-refractivity contribution >= 4 is 67.7 Å². The lowest BCUT2D eigenvalue weighted by atomic mass is 10.3. The average molecular weight is 348 g/mol. The molecule has 4 nitrogen and oxygen atoms in total. The van der Waals surface area contributed by atoms with Crippen LogP contribution in [-0.4, -0.2) is 18.7 Å². The molecule has 1 unspecified atom stereocenters. The Kier molecular flexibility index (Phi) is 5.08. The van der Waals surface area contributed by atoms with Crippen LogP contribution in [0.5, 0.6) is 0 Å². The van der Waals surface area contributed by atoms with E-state index in [0.717, 1.165) is 0 Å². The summed E-state index contributed by atoms with van der Waals surface area (Å²) in [4.78, 5) is -0.140. The van der Waals surface area contributed by atoms with Crippen molar-refractivity contribution in [1.29, 1.82) is 0 Å². The monoisotopic (exact) mass is 346 g/mol. The van der Waals surface area contributed by atoms with Gasteiger partial charge in [-0.05, 0) is 19.1 Å². The number of nitrogens with one attached hydrogen (secondary N) is 1. The molecule has 0 bridgehead atoms. The van der Waals surface area contributed by atoms with Crippen LogP contribution in [0.4, 0.5) is 5.69 Å². The van der Waals surface area contributed by atoms with E-state index < -0.39 is 15.3 Å². The quantitative estimate of drug-likeness (QED) is 0.648. The Morgan fingerprint density at radius 2 is 1.78 bits per heavy atom. The van der Waals surface area contributed by atoms with E-state index in [1.807, 2.05) is 0 Å². The molecule has 0 saturated carbocycles. The second-order valence-corrected chi connectivity index (χ2v) is 7.13. The fourth-order valence-corrected chi connectivity index (χ4v) is 2.98. The third-order valence-electron chi connectivity index (χ3n) is 2.13. The summed E-state index contributed by atoms with van der Waals surface area (Å²) in [6, 6.07) is 2.66. The summed E-state index contributed by atoms with van der Waals surface area (Å²) in [7, 11) is -3.77. The number of thiocarbonyl (C=S) groups is 1. The molecule has 0 aliphatic carbocycles. The molecule has 1 aromatic carbocycles. The maximum atomic E-state index is 11.9. The van der Waals surface area contributed by atoms with Crippen molar-refractivity contribution in [3.8, 4) is 0 Å². The van der Waals surface area contributed by atoms with Gasteiger partial charge >= 0.3 is 0 Å². The van der Waals surface area contributed by atoms with E-state index in [2.05, 4.69) is 16.9 Å². The molecule has 1 aromatic rings. The van der Waals surface area contributed by atoms with Gasteiger partial charge in [-0.15, -0.1) is 0 Å². The summed E-state index contributed by atoms with van der Waals surface area (Å²) < 4.78 is 26.0. The smallest absolute Gasteiger partial charge is 0.241 e. The summed E-state index contributed by atoms with van der Waals surface area (Å²) in [6.07, 6.45) is 0. The standard InChI is InChI=1S/C9H9Cl3N2O2S2/c1-4(9(13)17)18(15,16)14-8-3-6(11)5(10)2-7(8)12/h2-4,14H,1H3,(H2,13,17). The van der Waals surface area contributed by atoms with Crippen LogP contribution >= 0.6 is 47.0 Å². The second kappa shape index (κ2) is 5.79. The molecule has 0 aromatic heterocycles. The molecule has 0 fully saturated rings. The van der Waals surface area contributed by atoms with E-state index in [1.54, 1.807) is 0 Å². The van der Waals surface area contributed by atoms with E-state index in [1.165, 1.54) is 19.1 Å². The van der Waals surface area contributed by atoms with Gasteiger partial charge in [0, 0.05) is 0 Å². The first kappa shape index (κ1) is 15.8. The van der Waals surface area contributed by atoms with Gasteiger partial charge in [-0.1, -0.05) is 47.0 Å². The van der Waals surface area contributed by atoms with Gasteiger partial charge in [0.1, 0.15) is 5.25 Å². The van der Waals surface area contributed by atoms with Crippen molar-refractivity contribution < 1.29 is 8.42 Å². The highest BCUT2D eigenvalue weighted by Crippen LogP contribution is 2.33. The van der Waals surface area contributed by atoms with E-state index in [-0.39, 0.29) is 25.7 Å². The van der Waals surface area contributed by atoms with Gasteiger partial charge in [0.05, 0.1) is 25.7 Å². The number of nitrogens with two attached hydrogens (primary N) is 1. The van der Waals surface area contributed by atoms with E-state index in [0.29, 0.717) is 0 Å². The van der Waals surface area contributed by atoms with Crippen LogP contribution in [0.2, 0.25) is 15.1 Å². The molecule has 9 heteroatoms. The number of halogens is 3. The Morgan fingerprint density at radius 3 is 2.28 bits per heavy atom. The van der Waals surface area contributed by atoms with E-state index in [9.17, 15) is 8.42 Å². The van der Waals surface area contributed by atoms with Gasteiger partial charge in [0.2, 0.25) is 10.0 Å². The predicted octanol–water partition coefficient (Wildman–Crippen LogP) is 3.06. The Labute approximate surface area is 125 Å². The molecule has 0 aliphatic heterocycles. The summed E-state index contributed by atoms with van der Waals surface area (Å²) in [6.45, 7) is 1.37. The number of benzene rings is 1. The summed E-state index contributed by atoms with van der Waals surface area (Å²) in [5, 5.41) is -0.491. The number of sulfonamides is 1. The molecule has 0 saturated heterocycles. The first-order valence-electron chi connectivity index (χ1n) is 4.60. The lowest BCUT2D eigenvalue weighted by Crippen LogP contribution is -2.35. The van der Waals surface area contributed by atoms with Crippen molar-refractivity contribution in [2.45, 2.75) is 12.2 Å². The highest BCUT2D eigenvalue weighted by Gasteiger charge is 2.24. The molecule has 0 radical (unpaired) electrons. The number of hydrogen-bond donors (Lipinski definition) is 2. The molecule has 3 N–H and O–H groups in total. The summed E-state index contributed by atoms with van der Waals surface area (Å²) >= 11 is 22.0. The molecule has 100 valence electrons. The second-order valence-electron chi connectivity index (χ2n) is 3.44. The maximum absolute atomic E-state index is 11.9. The zero-order valence-corrected chi connectivity index (χ0v) is 13.0. The van der Waals surface area contributed by atoms with Crippen LogP contribution in [0.1, 0.15) is 6.92 Å². The highest BCUT2D eigenvalue weighted by atomic mass is 35.5. The minimum Gasteiger partial charge on any atom is -0.392 e. The largest absolute Gasteiger partial charge is 0.392 e. The van der Waals surface area contributed by atoms with Crippen molar-refractivity contribution in [3.63, 3.8) is 0 Å². The number of anilines is 1. The van der Waals surface area contributed by atoms with Gasteiger partial charge in [-0.3, -0.25) is 4.72 Å². The molecule has 1 rings (SSSR count). The summed E-state index contributed by atoms with van der Waals surface area (Å²) in [5.74, 6) is 0. The molecule has 1 atom stereocenters. The van der Waals surface area contributed by atoms with Crippen LogP contribution in [-0.2, 0) is 10.0 Å². The Hall–Kier alpha value is -0.270. The SMILES string of the molecule is CC(C(N)=S)S(=O)(=O)Nc1cc(Cl)c(Cl)cc1Cl. The van der Waals surface area contributed by atoms with Gasteiger partial charge < -0.3 is 5.73 Å². The average Bonchev–Trinajstić information content (AvgIpc) is 2.24. The zero-order valence-electron chi connectivity index (χ0n) is 9.08. The number of rotatable bonds is 4. The van der Waals surface area contributed by atoms with Crippen LogP contribution in [0.25, 0.3) is 0 Å². The van der Waals surface area contributed by atoms with Crippen molar-refractivity contribution in [3.05, 3.63) is 27.2 Å². The van der Waals surface area contributed by atoms with Crippen molar-refractivity contribution in [2.75, 3.05) is 4.72 Å². The molecule has 0 amide bonds. The zero-order chi connectivity index (χ0) is 14.1. The molecule has 0 spiro atoms. The van der Waals surface area contributed by atoms with Gasteiger partial charge in [0.15, 0.2) is 0 Å². The maximum Gasteiger partial charge on any atom is 0.241 e. The molecular weight excluding hydrogens is 339 g/mol. The van der Waals surface area contributed by atoms with E-state index in [4.69, 9.17) is 40.5 Å². The van der Waals surface area contributed by atoms with Crippen LogP contribution in [0, 0.1) is 0 Å². The van der Waals surface area contributed by atoms with Crippen molar-refractivity contribution in [2.24, 2.45) is 5.73 Å². The fourth-order valence-electron chi connectivity index (χ4n) is 0.995. The van der Waals surface area contributed by atoms with Gasteiger partial charge in [-0.2, -0.15) is 0 Å². The van der Waals surface area contributed by atoms with Gasteiger partial charge in [-0.25, -0.2) is 8.42 Å². The van der Waals surface area contributed by atoms with Crippen LogP contribution < -0.4 is 10.5 Å². The van der Waals surface area contributed by atoms with Crippen LogP contribution in [0.3, 0.4) is 0 Å². The lowest BCUT2D eigenvalue weighted by molar-refractivity contribution is 0.598. The highest BCUT2D eigenvalue weighted by molar-refractivity contribution is 7.95. The Balaban J connectivity index is 3.13. The third-order valence-corrected chi connectivity index (χ3v) is 5.36. The first-order chi connectivity index (χ1) is 8.15. The lowest BCUT2D eigenvalue weighted by Gasteiger charge is -2.15. The Morgan fingerprint density at radius 1 is 1.28 bits per heavy atom. The molecule has 0 heterocycles. The summed E-state index contributed by atoms with van der Waals surface area (Å²) in [5.41, 5.74) is 5.42. The topological polar surface area (TPSA) is 72.2 Å². The van der Waals surface area contributed by atoms with Crippen molar-refractivity contribution in [1.82, 2.24) is 0 Å². The number of hydrogen-bond acceptors (Lipinski definition) is 3. The first-order valence-corrected chi connectivity index (χ1v) is 7.69. The third kappa shape index (κ3) is 3.61. The molecule has 18 heavy (non-hydrogen) atoms. The minimum atomic E-state index is -3.77. The fraction of sp³-hybridized carbons (Fsp3) is 0.222. The van der Waals surface area contributed by atoms with Crippen LogP contribution in [0.15, 0.2) is 12.1 Å². The van der Waals surface area contributed by atoms with E-state index >= 15 is 0 Å².